The SMILES string of the molecule is CCOC(=O)c1[nH]c(Cc2cc(O)ccc2O)c(C(C)=O)c1C. The van der Waals surface area contributed by atoms with Gasteiger partial charge in [0.25, 0.3) is 0 Å². The Balaban J connectivity index is 2.49. The minimum atomic E-state index is -0.529. The number of ether oxygens (including phenoxy) is 1. The van der Waals surface area contributed by atoms with E-state index in [1.54, 1.807) is 13.8 Å². The quantitative estimate of drug-likeness (QED) is 0.447. The maximum absolute atomic E-state index is 12.0. The molecule has 6 heteroatoms. The Morgan fingerprint density at radius 3 is 2.57 bits per heavy atom. The van der Waals surface area contributed by atoms with Gasteiger partial charge in [-0.3, -0.25) is 4.79 Å². The van der Waals surface area contributed by atoms with E-state index in [1.165, 1.54) is 25.1 Å². The Hall–Kier alpha value is -2.76. The molecule has 6 nitrogen and oxygen atoms in total. The molecule has 0 atom stereocenters. The zero-order chi connectivity index (χ0) is 17.1. The number of nitrogens with one attached hydrogen (secondary N) is 1. The fraction of sp³-hybridized carbons (Fsp3) is 0.294. The van der Waals surface area contributed by atoms with Gasteiger partial charge in [0.2, 0.25) is 0 Å². The Bertz CT molecular complexity index is 761. The molecule has 0 spiro atoms. The van der Waals surface area contributed by atoms with E-state index >= 15 is 0 Å². The first-order valence-electron chi connectivity index (χ1n) is 7.25. The summed E-state index contributed by atoms with van der Waals surface area (Å²) >= 11 is 0. The monoisotopic (exact) mass is 317 g/mol. The van der Waals surface area contributed by atoms with Crippen molar-refractivity contribution in [2.75, 3.05) is 6.61 Å². The molecule has 0 aliphatic heterocycles. The summed E-state index contributed by atoms with van der Waals surface area (Å²) in [6, 6.07) is 4.16. The molecule has 0 bridgehead atoms. The number of carbonyl (C=O) groups is 2. The van der Waals surface area contributed by atoms with Crippen molar-refractivity contribution < 1.29 is 24.5 Å². The molecule has 2 aromatic rings. The van der Waals surface area contributed by atoms with Crippen LogP contribution in [0.5, 0.6) is 11.5 Å². The van der Waals surface area contributed by atoms with E-state index in [4.69, 9.17) is 4.74 Å². The molecule has 2 rings (SSSR count). The van der Waals surface area contributed by atoms with Crippen molar-refractivity contribution in [3.8, 4) is 11.5 Å². The average molecular weight is 317 g/mol. The van der Waals surface area contributed by atoms with Gasteiger partial charge in [0.1, 0.15) is 17.2 Å². The van der Waals surface area contributed by atoms with Crippen LogP contribution in [0.1, 0.15) is 51.5 Å². The second-order valence-electron chi connectivity index (χ2n) is 5.25. The summed E-state index contributed by atoms with van der Waals surface area (Å²) in [4.78, 5) is 26.8. The number of aromatic nitrogens is 1. The highest BCUT2D eigenvalue weighted by Crippen LogP contribution is 2.28. The number of Topliss-reactive ketones (excluding diaryl/α,β-unsaturated/α-hetero) is 1. The molecule has 0 unspecified atom stereocenters. The maximum atomic E-state index is 12.0. The summed E-state index contributed by atoms with van der Waals surface area (Å²) in [6.07, 6.45) is 0.176. The standard InChI is InChI=1S/C17H19NO5/c1-4-23-17(22)16-9(2)15(10(3)19)13(18-16)8-11-7-12(20)5-6-14(11)21/h5-7,18,20-21H,4,8H2,1-3H3. The molecule has 0 radical (unpaired) electrons. The van der Waals surface area contributed by atoms with Gasteiger partial charge in [0, 0.05) is 23.2 Å². The normalized spacial score (nSPS) is 10.6. The van der Waals surface area contributed by atoms with Crippen LogP contribution in [0.25, 0.3) is 0 Å². The molecular formula is C17H19NO5. The zero-order valence-electron chi connectivity index (χ0n) is 13.3. The Morgan fingerprint density at radius 2 is 1.96 bits per heavy atom. The Labute approximate surface area is 133 Å². The van der Waals surface area contributed by atoms with E-state index < -0.39 is 5.97 Å². The van der Waals surface area contributed by atoms with Gasteiger partial charge in [0.05, 0.1) is 6.61 Å². The van der Waals surface area contributed by atoms with Crippen molar-refractivity contribution in [1.82, 2.24) is 4.98 Å². The molecule has 1 aromatic heterocycles. The predicted octanol–water partition coefficient (Wildman–Crippen LogP) is 2.70. The van der Waals surface area contributed by atoms with Crippen LogP contribution in [0.2, 0.25) is 0 Å². The second-order valence-corrected chi connectivity index (χ2v) is 5.25. The third kappa shape index (κ3) is 3.36. The molecule has 0 aliphatic rings. The van der Waals surface area contributed by atoms with Crippen molar-refractivity contribution in [2.45, 2.75) is 27.2 Å². The Morgan fingerprint density at radius 1 is 1.26 bits per heavy atom. The molecular weight excluding hydrogens is 298 g/mol. The zero-order valence-corrected chi connectivity index (χ0v) is 13.3. The van der Waals surface area contributed by atoms with Crippen molar-refractivity contribution >= 4 is 11.8 Å². The predicted molar refractivity (Wildman–Crippen MR) is 84.1 cm³/mol. The van der Waals surface area contributed by atoms with E-state index in [9.17, 15) is 19.8 Å². The van der Waals surface area contributed by atoms with Gasteiger partial charge < -0.3 is 19.9 Å². The van der Waals surface area contributed by atoms with Gasteiger partial charge in [-0.1, -0.05) is 0 Å². The molecule has 1 heterocycles. The third-order valence-corrected chi connectivity index (χ3v) is 3.59. The minimum absolute atomic E-state index is 0.00207. The molecule has 23 heavy (non-hydrogen) atoms. The lowest BCUT2D eigenvalue weighted by molar-refractivity contribution is 0.0519. The first kappa shape index (κ1) is 16.6. The summed E-state index contributed by atoms with van der Waals surface area (Å²) in [5.74, 6) is -0.707. The van der Waals surface area contributed by atoms with Gasteiger partial charge in [0.15, 0.2) is 5.78 Å². The number of aromatic hydroxyl groups is 2. The number of benzene rings is 1. The molecule has 0 aliphatic carbocycles. The number of carbonyl (C=O) groups excluding carboxylic acids is 2. The van der Waals surface area contributed by atoms with E-state index in [0.29, 0.717) is 22.4 Å². The molecule has 3 N–H and O–H groups in total. The first-order chi connectivity index (χ1) is 10.8. The summed E-state index contributed by atoms with van der Waals surface area (Å²) in [7, 11) is 0. The third-order valence-electron chi connectivity index (χ3n) is 3.59. The van der Waals surface area contributed by atoms with E-state index in [2.05, 4.69) is 4.98 Å². The number of phenolic OH excluding ortho intramolecular Hbond substituents is 2. The summed E-state index contributed by atoms with van der Waals surface area (Å²) < 4.78 is 4.98. The van der Waals surface area contributed by atoms with Crippen LogP contribution < -0.4 is 0 Å². The number of esters is 1. The van der Waals surface area contributed by atoms with Crippen LogP contribution in [0, 0.1) is 6.92 Å². The van der Waals surface area contributed by atoms with Gasteiger partial charge >= 0.3 is 5.97 Å². The lowest BCUT2D eigenvalue weighted by atomic mass is 10.0. The highest BCUT2D eigenvalue weighted by atomic mass is 16.5. The van der Waals surface area contributed by atoms with Gasteiger partial charge in [-0.25, -0.2) is 4.79 Å². The summed E-state index contributed by atoms with van der Waals surface area (Å²) in [6.45, 7) is 5.02. The largest absolute Gasteiger partial charge is 0.508 e. The molecule has 0 fully saturated rings. The molecule has 0 saturated heterocycles. The van der Waals surface area contributed by atoms with Crippen molar-refractivity contribution in [2.24, 2.45) is 0 Å². The van der Waals surface area contributed by atoms with Crippen LogP contribution in [-0.4, -0.2) is 33.6 Å². The lowest BCUT2D eigenvalue weighted by Crippen LogP contribution is -2.07. The molecule has 122 valence electrons. The highest BCUT2D eigenvalue weighted by molar-refractivity contribution is 6.01. The van der Waals surface area contributed by atoms with Crippen LogP contribution in [0.4, 0.5) is 0 Å². The van der Waals surface area contributed by atoms with Gasteiger partial charge in [-0.15, -0.1) is 0 Å². The molecule has 1 aromatic carbocycles. The maximum Gasteiger partial charge on any atom is 0.355 e. The van der Waals surface area contributed by atoms with Crippen LogP contribution in [0.3, 0.4) is 0 Å². The van der Waals surface area contributed by atoms with Crippen molar-refractivity contribution in [1.29, 1.82) is 0 Å². The van der Waals surface area contributed by atoms with Crippen LogP contribution in [-0.2, 0) is 11.2 Å². The molecule has 0 amide bonds. The number of ketones is 1. The van der Waals surface area contributed by atoms with Gasteiger partial charge in [-0.2, -0.15) is 0 Å². The number of hydrogen-bond donors (Lipinski definition) is 3. The van der Waals surface area contributed by atoms with E-state index in [-0.39, 0.29) is 36.0 Å². The average Bonchev–Trinajstić information content (AvgIpc) is 2.80. The smallest absolute Gasteiger partial charge is 0.355 e. The fourth-order valence-electron chi connectivity index (χ4n) is 2.58. The van der Waals surface area contributed by atoms with Crippen LogP contribution >= 0.6 is 0 Å². The van der Waals surface area contributed by atoms with E-state index in [0.717, 1.165) is 0 Å². The summed E-state index contributed by atoms with van der Waals surface area (Å²) in [5.41, 5.74) is 2.09. The minimum Gasteiger partial charge on any atom is -0.508 e. The lowest BCUT2D eigenvalue weighted by Gasteiger charge is -2.06. The van der Waals surface area contributed by atoms with E-state index in [1.807, 2.05) is 0 Å². The number of aromatic amines is 1. The highest BCUT2D eigenvalue weighted by Gasteiger charge is 2.23. The van der Waals surface area contributed by atoms with Crippen molar-refractivity contribution in [3.05, 3.63) is 46.3 Å². The van der Waals surface area contributed by atoms with Crippen molar-refractivity contribution in [3.63, 3.8) is 0 Å². The topological polar surface area (TPSA) is 99.6 Å². The first-order valence-corrected chi connectivity index (χ1v) is 7.25. The number of phenols is 2. The second kappa shape index (κ2) is 6.56. The molecule has 0 saturated carbocycles. The Kier molecular flexibility index (Phi) is 4.74. The number of H-pyrrole nitrogens is 1. The summed E-state index contributed by atoms with van der Waals surface area (Å²) in [5, 5.41) is 19.4. The fourth-order valence-corrected chi connectivity index (χ4v) is 2.58. The van der Waals surface area contributed by atoms with Crippen LogP contribution in [0.15, 0.2) is 18.2 Å². The number of rotatable bonds is 5. The van der Waals surface area contributed by atoms with Gasteiger partial charge in [-0.05, 0) is 44.5 Å². The number of hydrogen-bond acceptors (Lipinski definition) is 5.